The van der Waals surface area contributed by atoms with Crippen molar-refractivity contribution in [2.45, 2.75) is 13.5 Å². The first kappa shape index (κ1) is 15.8. The van der Waals surface area contributed by atoms with Crippen molar-refractivity contribution in [1.82, 2.24) is 9.88 Å². The third-order valence-corrected chi connectivity index (χ3v) is 3.00. The lowest BCUT2D eigenvalue weighted by molar-refractivity contribution is 0.220. The first-order valence-corrected chi connectivity index (χ1v) is 6.93. The number of pyridine rings is 1. The van der Waals surface area contributed by atoms with E-state index in [2.05, 4.69) is 10.3 Å². The molecular weight excluding hydrogens is 285 g/mol. The Morgan fingerprint density at radius 2 is 2.05 bits per heavy atom. The highest BCUT2D eigenvalue weighted by Crippen LogP contribution is 2.25. The van der Waals surface area contributed by atoms with Gasteiger partial charge in [0.25, 0.3) is 0 Å². The number of hydrogen-bond donors (Lipinski definition) is 1. The van der Waals surface area contributed by atoms with Crippen molar-refractivity contribution in [1.29, 1.82) is 0 Å². The highest BCUT2D eigenvalue weighted by molar-refractivity contribution is 5.90. The van der Waals surface area contributed by atoms with Crippen molar-refractivity contribution in [2.75, 3.05) is 19.0 Å². The van der Waals surface area contributed by atoms with Crippen LogP contribution in [0.2, 0.25) is 0 Å². The molecule has 1 N–H and O–H groups in total. The molecule has 0 spiro atoms. The summed E-state index contributed by atoms with van der Waals surface area (Å²) in [6, 6.07) is 7.39. The number of nitrogens with one attached hydrogen (secondary N) is 1. The minimum Gasteiger partial charge on any atom is -0.492 e. The first-order chi connectivity index (χ1) is 10.6. The largest absolute Gasteiger partial charge is 0.492 e. The summed E-state index contributed by atoms with van der Waals surface area (Å²) >= 11 is 0. The van der Waals surface area contributed by atoms with Gasteiger partial charge in [0.15, 0.2) is 0 Å². The summed E-state index contributed by atoms with van der Waals surface area (Å²) in [6.45, 7) is 2.63. The van der Waals surface area contributed by atoms with Gasteiger partial charge in [-0.2, -0.15) is 0 Å². The number of benzene rings is 1. The Morgan fingerprint density at radius 3 is 2.73 bits per heavy atom. The fourth-order valence-electron chi connectivity index (χ4n) is 1.92. The summed E-state index contributed by atoms with van der Waals surface area (Å²) in [4.78, 5) is 17.7. The number of halogens is 1. The van der Waals surface area contributed by atoms with Crippen LogP contribution < -0.4 is 10.1 Å². The standard InChI is InChI=1S/C16H18FN3O2/c1-3-22-15-10-13(17)4-5-14(15)19-16(21)20(2)11-12-6-8-18-9-7-12/h4-10H,3,11H2,1-2H3,(H,19,21). The number of aromatic nitrogens is 1. The van der Waals surface area contributed by atoms with Crippen LogP contribution in [0.25, 0.3) is 0 Å². The average molecular weight is 303 g/mol. The Hall–Kier alpha value is -2.63. The molecule has 1 aromatic carbocycles. The zero-order valence-electron chi connectivity index (χ0n) is 12.5. The van der Waals surface area contributed by atoms with Crippen molar-refractivity contribution >= 4 is 11.7 Å². The van der Waals surface area contributed by atoms with E-state index < -0.39 is 5.82 Å². The normalized spacial score (nSPS) is 10.1. The molecule has 0 unspecified atom stereocenters. The lowest BCUT2D eigenvalue weighted by Crippen LogP contribution is -2.31. The predicted molar refractivity (Wildman–Crippen MR) is 82.3 cm³/mol. The molecule has 0 aliphatic heterocycles. The van der Waals surface area contributed by atoms with Gasteiger partial charge in [-0.05, 0) is 36.8 Å². The molecule has 0 saturated carbocycles. The molecule has 0 aliphatic rings. The molecular formula is C16H18FN3O2. The molecule has 0 saturated heterocycles. The van der Waals surface area contributed by atoms with Crippen LogP contribution in [0, 0.1) is 5.82 Å². The average Bonchev–Trinajstić information content (AvgIpc) is 2.51. The van der Waals surface area contributed by atoms with E-state index in [1.54, 1.807) is 26.4 Å². The van der Waals surface area contributed by atoms with Crippen LogP contribution in [0.4, 0.5) is 14.9 Å². The summed E-state index contributed by atoms with van der Waals surface area (Å²) < 4.78 is 18.6. The van der Waals surface area contributed by atoms with Crippen LogP contribution in [0.3, 0.4) is 0 Å². The molecule has 2 rings (SSSR count). The summed E-state index contributed by atoms with van der Waals surface area (Å²) in [5, 5.41) is 2.72. The predicted octanol–water partition coefficient (Wildman–Crippen LogP) is 3.28. The van der Waals surface area contributed by atoms with E-state index >= 15 is 0 Å². The van der Waals surface area contributed by atoms with Crippen LogP contribution in [-0.4, -0.2) is 29.6 Å². The smallest absolute Gasteiger partial charge is 0.321 e. The second-order valence-electron chi connectivity index (χ2n) is 4.72. The van der Waals surface area contributed by atoms with Gasteiger partial charge < -0.3 is 15.0 Å². The molecule has 5 nitrogen and oxygen atoms in total. The van der Waals surface area contributed by atoms with E-state index in [9.17, 15) is 9.18 Å². The monoisotopic (exact) mass is 303 g/mol. The first-order valence-electron chi connectivity index (χ1n) is 6.93. The molecule has 0 fully saturated rings. The van der Waals surface area contributed by atoms with Crippen molar-refractivity contribution in [3.05, 3.63) is 54.1 Å². The van der Waals surface area contributed by atoms with Crippen LogP contribution in [0.15, 0.2) is 42.7 Å². The maximum atomic E-state index is 13.2. The third-order valence-electron chi connectivity index (χ3n) is 3.00. The Labute approximate surface area is 128 Å². The van der Waals surface area contributed by atoms with E-state index in [4.69, 9.17) is 4.74 Å². The number of rotatable bonds is 5. The van der Waals surface area contributed by atoms with Crippen molar-refractivity contribution in [3.8, 4) is 5.75 Å². The summed E-state index contributed by atoms with van der Waals surface area (Å²) in [5.74, 6) is -0.0975. The van der Waals surface area contributed by atoms with E-state index in [0.717, 1.165) is 5.56 Å². The van der Waals surface area contributed by atoms with Crippen LogP contribution in [0.1, 0.15) is 12.5 Å². The van der Waals surface area contributed by atoms with E-state index in [1.807, 2.05) is 12.1 Å². The number of anilines is 1. The topological polar surface area (TPSA) is 54.5 Å². The van der Waals surface area contributed by atoms with Crippen LogP contribution in [0.5, 0.6) is 5.75 Å². The maximum Gasteiger partial charge on any atom is 0.321 e. The third kappa shape index (κ3) is 4.18. The van der Waals surface area contributed by atoms with E-state index in [-0.39, 0.29) is 6.03 Å². The zero-order valence-corrected chi connectivity index (χ0v) is 12.5. The van der Waals surface area contributed by atoms with Gasteiger partial charge >= 0.3 is 6.03 Å². The van der Waals surface area contributed by atoms with Gasteiger partial charge in [0.2, 0.25) is 0 Å². The van der Waals surface area contributed by atoms with Gasteiger partial charge in [-0.3, -0.25) is 4.98 Å². The molecule has 22 heavy (non-hydrogen) atoms. The van der Waals surface area contributed by atoms with Crippen LogP contribution >= 0.6 is 0 Å². The highest BCUT2D eigenvalue weighted by Gasteiger charge is 2.13. The Balaban J connectivity index is 2.05. The Bertz CT molecular complexity index is 635. The maximum absolute atomic E-state index is 13.2. The highest BCUT2D eigenvalue weighted by atomic mass is 19.1. The summed E-state index contributed by atoms with van der Waals surface area (Å²) in [6.07, 6.45) is 3.35. The SMILES string of the molecule is CCOc1cc(F)ccc1NC(=O)N(C)Cc1ccncc1. The van der Waals surface area contributed by atoms with Gasteiger partial charge in [0.1, 0.15) is 11.6 Å². The van der Waals surface area contributed by atoms with E-state index in [0.29, 0.717) is 24.6 Å². The van der Waals surface area contributed by atoms with Crippen molar-refractivity contribution in [3.63, 3.8) is 0 Å². The fraction of sp³-hybridized carbons (Fsp3) is 0.250. The van der Waals surface area contributed by atoms with Gasteiger partial charge in [0, 0.05) is 32.1 Å². The molecule has 6 heteroatoms. The Morgan fingerprint density at radius 1 is 1.32 bits per heavy atom. The fourth-order valence-corrected chi connectivity index (χ4v) is 1.92. The lowest BCUT2D eigenvalue weighted by atomic mass is 10.2. The van der Waals surface area contributed by atoms with Gasteiger partial charge in [-0.25, -0.2) is 9.18 Å². The summed E-state index contributed by atoms with van der Waals surface area (Å²) in [7, 11) is 1.68. The minimum absolute atomic E-state index is 0.302. The molecule has 0 bridgehead atoms. The number of carbonyl (C=O) groups excluding carboxylic acids is 1. The molecule has 116 valence electrons. The zero-order chi connectivity index (χ0) is 15.9. The number of ether oxygens (including phenoxy) is 1. The summed E-state index contributed by atoms with van der Waals surface area (Å²) in [5.41, 5.74) is 1.41. The number of urea groups is 1. The Kier molecular flexibility index (Phi) is 5.30. The second kappa shape index (κ2) is 7.40. The minimum atomic E-state index is -0.411. The second-order valence-corrected chi connectivity index (χ2v) is 4.72. The molecule has 0 radical (unpaired) electrons. The number of amides is 2. The van der Waals surface area contributed by atoms with Crippen LogP contribution in [-0.2, 0) is 6.54 Å². The molecule has 1 heterocycles. The van der Waals surface area contributed by atoms with Gasteiger partial charge in [-0.15, -0.1) is 0 Å². The molecule has 2 aromatic rings. The molecule has 0 atom stereocenters. The molecule has 2 amide bonds. The molecule has 1 aromatic heterocycles. The van der Waals surface area contributed by atoms with Crippen molar-refractivity contribution < 1.29 is 13.9 Å². The number of nitrogens with zero attached hydrogens (tertiary/aromatic N) is 2. The van der Waals surface area contributed by atoms with E-state index in [1.165, 1.54) is 23.1 Å². The number of hydrogen-bond acceptors (Lipinski definition) is 3. The van der Waals surface area contributed by atoms with Gasteiger partial charge in [0.05, 0.1) is 12.3 Å². The lowest BCUT2D eigenvalue weighted by Gasteiger charge is -2.19. The molecule has 0 aliphatic carbocycles. The van der Waals surface area contributed by atoms with Gasteiger partial charge in [-0.1, -0.05) is 0 Å². The van der Waals surface area contributed by atoms with Crippen molar-refractivity contribution in [2.24, 2.45) is 0 Å². The quantitative estimate of drug-likeness (QED) is 0.922. The number of carbonyl (C=O) groups is 1.